The van der Waals surface area contributed by atoms with Crippen LogP contribution in [0.15, 0.2) is 11.1 Å². The molecule has 0 bridgehead atoms. The van der Waals surface area contributed by atoms with Gasteiger partial charge in [-0.25, -0.2) is 4.79 Å². The highest BCUT2D eigenvalue weighted by Gasteiger charge is 2.14. The Hall–Kier alpha value is -1.30. The molecule has 0 aliphatic rings. The Bertz CT molecular complexity index is 246. The van der Waals surface area contributed by atoms with Crippen LogP contribution in [0.4, 0.5) is 0 Å². The summed E-state index contributed by atoms with van der Waals surface area (Å²) in [5.41, 5.74) is 0.886. The molecule has 0 radical (unpaired) electrons. The molecule has 0 aromatic rings. The van der Waals surface area contributed by atoms with Crippen molar-refractivity contribution in [1.29, 1.82) is 5.26 Å². The van der Waals surface area contributed by atoms with Gasteiger partial charge in [0.1, 0.15) is 11.6 Å². The van der Waals surface area contributed by atoms with Crippen molar-refractivity contribution in [2.24, 2.45) is 5.92 Å². The summed E-state index contributed by atoms with van der Waals surface area (Å²) < 4.78 is 4.46. The minimum absolute atomic E-state index is 0.118. The molecule has 0 rings (SSSR count). The zero-order chi connectivity index (χ0) is 9.72. The number of nitriles is 1. The maximum Gasteiger partial charge on any atom is 0.348 e. The van der Waals surface area contributed by atoms with Crippen molar-refractivity contribution in [2.45, 2.75) is 20.8 Å². The van der Waals surface area contributed by atoms with Crippen LogP contribution in [0.1, 0.15) is 20.8 Å². The van der Waals surface area contributed by atoms with Crippen molar-refractivity contribution >= 4 is 5.97 Å². The molecule has 0 N–H and O–H groups in total. The second-order valence-corrected chi connectivity index (χ2v) is 2.82. The van der Waals surface area contributed by atoms with Crippen molar-refractivity contribution in [3.8, 4) is 6.07 Å². The molecule has 0 saturated heterocycles. The number of esters is 1. The monoisotopic (exact) mass is 167 g/mol. The van der Waals surface area contributed by atoms with Gasteiger partial charge < -0.3 is 4.74 Å². The lowest BCUT2D eigenvalue weighted by molar-refractivity contribution is -0.135. The Morgan fingerprint density at radius 2 is 2.00 bits per heavy atom. The minimum Gasteiger partial charge on any atom is -0.465 e. The first kappa shape index (κ1) is 10.7. The maximum atomic E-state index is 11.0. The van der Waals surface area contributed by atoms with E-state index in [1.54, 1.807) is 6.92 Å². The number of hydrogen-bond donors (Lipinski definition) is 0. The van der Waals surface area contributed by atoms with Gasteiger partial charge in [-0.05, 0) is 18.4 Å². The summed E-state index contributed by atoms with van der Waals surface area (Å²) >= 11 is 0. The summed E-state index contributed by atoms with van der Waals surface area (Å²) in [6.45, 7) is 5.62. The molecule has 3 heteroatoms. The smallest absolute Gasteiger partial charge is 0.348 e. The lowest BCUT2D eigenvalue weighted by Gasteiger charge is -2.06. The van der Waals surface area contributed by atoms with Crippen molar-refractivity contribution in [3.63, 3.8) is 0 Å². The van der Waals surface area contributed by atoms with Gasteiger partial charge in [-0.1, -0.05) is 13.8 Å². The second kappa shape index (κ2) is 4.55. The van der Waals surface area contributed by atoms with Crippen molar-refractivity contribution < 1.29 is 9.53 Å². The minimum atomic E-state index is -0.552. The van der Waals surface area contributed by atoms with E-state index in [9.17, 15) is 4.79 Å². The molecule has 0 aromatic carbocycles. The van der Waals surface area contributed by atoms with E-state index in [0.717, 1.165) is 5.57 Å². The Kier molecular flexibility index (Phi) is 4.06. The summed E-state index contributed by atoms with van der Waals surface area (Å²) in [5, 5.41) is 8.64. The van der Waals surface area contributed by atoms with E-state index in [4.69, 9.17) is 5.26 Å². The molecule has 0 spiro atoms. The molecule has 3 nitrogen and oxygen atoms in total. The molecule has 0 fully saturated rings. The standard InChI is InChI=1S/C9H13NO2/c1-6(2)7(3)8(5-10)9(11)12-4/h6H,1-4H3. The van der Waals surface area contributed by atoms with Gasteiger partial charge in [-0.15, -0.1) is 0 Å². The quantitative estimate of drug-likeness (QED) is 0.357. The molecule has 66 valence electrons. The topological polar surface area (TPSA) is 50.1 Å². The van der Waals surface area contributed by atoms with Gasteiger partial charge in [-0.2, -0.15) is 5.26 Å². The summed E-state index contributed by atoms with van der Waals surface area (Å²) in [4.78, 5) is 11.0. The lowest BCUT2D eigenvalue weighted by atomic mass is 10.00. The normalized spacial score (nSPS) is 12.0. The fourth-order valence-electron chi connectivity index (χ4n) is 0.686. The summed E-state index contributed by atoms with van der Waals surface area (Å²) in [7, 11) is 1.27. The van der Waals surface area contributed by atoms with E-state index in [-0.39, 0.29) is 11.5 Å². The van der Waals surface area contributed by atoms with Crippen LogP contribution in [0.3, 0.4) is 0 Å². The first-order valence-electron chi connectivity index (χ1n) is 3.73. The fourth-order valence-corrected chi connectivity index (χ4v) is 0.686. The summed E-state index contributed by atoms with van der Waals surface area (Å²) in [6, 6.07) is 1.84. The van der Waals surface area contributed by atoms with E-state index in [2.05, 4.69) is 4.74 Å². The van der Waals surface area contributed by atoms with Gasteiger partial charge in [0.05, 0.1) is 7.11 Å². The molecule has 0 heterocycles. The van der Waals surface area contributed by atoms with Crippen LogP contribution < -0.4 is 0 Å². The number of methoxy groups -OCH3 is 1. The SMILES string of the molecule is COC(=O)C(C#N)=C(C)C(C)C. The van der Waals surface area contributed by atoms with Gasteiger partial charge in [0, 0.05) is 0 Å². The summed E-state index contributed by atoms with van der Waals surface area (Å²) in [5.74, 6) is -0.359. The fraction of sp³-hybridized carbons (Fsp3) is 0.556. The predicted molar refractivity (Wildman–Crippen MR) is 45.2 cm³/mol. The molecule has 0 unspecified atom stereocenters. The molecule has 0 saturated carbocycles. The van der Waals surface area contributed by atoms with Crippen LogP contribution in [0.25, 0.3) is 0 Å². The molecule has 12 heavy (non-hydrogen) atoms. The molecule has 0 aliphatic carbocycles. The number of hydrogen-bond acceptors (Lipinski definition) is 3. The second-order valence-electron chi connectivity index (χ2n) is 2.82. The number of nitrogens with zero attached hydrogens (tertiary/aromatic N) is 1. The van der Waals surface area contributed by atoms with E-state index < -0.39 is 5.97 Å². The van der Waals surface area contributed by atoms with Gasteiger partial charge in [0.25, 0.3) is 0 Å². The molecule has 0 aliphatic heterocycles. The number of allylic oxidation sites excluding steroid dienone is 1. The van der Waals surface area contributed by atoms with Gasteiger partial charge >= 0.3 is 5.97 Å². The highest BCUT2D eigenvalue weighted by atomic mass is 16.5. The average Bonchev–Trinajstić information content (AvgIpc) is 2.05. The molecule has 0 amide bonds. The third-order valence-electron chi connectivity index (χ3n) is 1.76. The lowest BCUT2D eigenvalue weighted by Crippen LogP contribution is -2.07. The molecule has 0 aromatic heterocycles. The number of rotatable bonds is 2. The van der Waals surface area contributed by atoms with Crippen LogP contribution in [0.5, 0.6) is 0 Å². The maximum absolute atomic E-state index is 11.0. The summed E-state index contributed by atoms with van der Waals surface area (Å²) in [6.07, 6.45) is 0. The molecular formula is C9H13NO2. The predicted octanol–water partition coefficient (Wildman–Crippen LogP) is 1.66. The third kappa shape index (κ3) is 2.39. The van der Waals surface area contributed by atoms with Crippen molar-refractivity contribution in [1.82, 2.24) is 0 Å². The van der Waals surface area contributed by atoms with Crippen LogP contribution in [-0.4, -0.2) is 13.1 Å². The van der Waals surface area contributed by atoms with E-state index in [1.807, 2.05) is 19.9 Å². The van der Waals surface area contributed by atoms with E-state index >= 15 is 0 Å². The van der Waals surface area contributed by atoms with Gasteiger partial charge in [-0.3, -0.25) is 0 Å². The molecular weight excluding hydrogens is 154 g/mol. The van der Waals surface area contributed by atoms with Crippen LogP contribution in [0, 0.1) is 17.2 Å². The first-order chi connectivity index (χ1) is 5.54. The zero-order valence-corrected chi connectivity index (χ0v) is 7.84. The van der Waals surface area contributed by atoms with Crippen molar-refractivity contribution in [3.05, 3.63) is 11.1 Å². The van der Waals surface area contributed by atoms with E-state index in [0.29, 0.717) is 0 Å². The molecule has 0 atom stereocenters. The zero-order valence-electron chi connectivity index (χ0n) is 7.84. The Morgan fingerprint density at radius 1 is 1.50 bits per heavy atom. The van der Waals surface area contributed by atoms with Crippen molar-refractivity contribution in [2.75, 3.05) is 7.11 Å². The number of carbonyl (C=O) groups excluding carboxylic acids is 1. The third-order valence-corrected chi connectivity index (χ3v) is 1.76. The Morgan fingerprint density at radius 3 is 2.25 bits per heavy atom. The van der Waals surface area contributed by atoms with E-state index in [1.165, 1.54) is 7.11 Å². The van der Waals surface area contributed by atoms with Gasteiger partial charge in [0.15, 0.2) is 0 Å². The number of ether oxygens (including phenoxy) is 1. The average molecular weight is 167 g/mol. The highest BCUT2D eigenvalue weighted by molar-refractivity contribution is 5.93. The largest absolute Gasteiger partial charge is 0.465 e. The Balaban J connectivity index is 4.90. The number of carbonyl (C=O) groups is 1. The van der Waals surface area contributed by atoms with Crippen LogP contribution in [0.2, 0.25) is 0 Å². The van der Waals surface area contributed by atoms with Crippen LogP contribution >= 0.6 is 0 Å². The first-order valence-corrected chi connectivity index (χ1v) is 3.73. The Labute approximate surface area is 72.6 Å². The van der Waals surface area contributed by atoms with Gasteiger partial charge in [0.2, 0.25) is 0 Å². The van der Waals surface area contributed by atoms with Crippen LogP contribution in [-0.2, 0) is 9.53 Å². The highest BCUT2D eigenvalue weighted by Crippen LogP contribution is 2.14.